The van der Waals surface area contributed by atoms with Crippen molar-refractivity contribution in [3.05, 3.63) is 35.4 Å². The summed E-state index contributed by atoms with van der Waals surface area (Å²) in [4.78, 5) is 22.3. The number of carbonyl (C=O) groups excluding carboxylic acids is 1. The fourth-order valence-electron chi connectivity index (χ4n) is 2.08. The van der Waals surface area contributed by atoms with Gasteiger partial charge in [-0.3, -0.25) is 0 Å². The lowest BCUT2D eigenvalue weighted by atomic mass is 9.84. The minimum absolute atomic E-state index is 0.0407. The van der Waals surface area contributed by atoms with Gasteiger partial charge >= 0.3 is 5.97 Å². The van der Waals surface area contributed by atoms with Gasteiger partial charge in [-0.2, -0.15) is 0 Å². The molecular weight excluding hydrogens is 318 g/mol. The van der Waals surface area contributed by atoms with Gasteiger partial charge in [0, 0.05) is 17.4 Å². The predicted octanol–water partition coefficient (Wildman–Crippen LogP) is 3.81. The van der Waals surface area contributed by atoms with E-state index in [9.17, 15) is 13.6 Å². The molecule has 1 unspecified atom stereocenters. The Morgan fingerprint density at radius 3 is 2.62 bits per heavy atom. The SMILES string of the molecule is C/C(=N\OC(=O)C1(C)CC(C(C)(C)C)=NO1)c1cc(F)ccc1F. The lowest BCUT2D eigenvalue weighted by Crippen LogP contribution is -2.37. The third-order valence-electron chi connectivity index (χ3n) is 3.74. The van der Waals surface area contributed by atoms with Crippen LogP contribution in [0.4, 0.5) is 8.78 Å². The average Bonchev–Trinajstić information content (AvgIpc) is 2.91. The highest BCUT2D eigenvalue weighted by Gasteiger charge is 2.46. The van der Waals surface area contributed by atoms with Crippen LogP contribution in [0.2, 0.25) is 0 Å². The Balaban J connectivity index is 2.09. The summed E-state index contributed by atoms with van der Waals surface area (Å²) in [7, 11) is 0. The molecular formula is C17H20F2N2O3. The van der Waals surface area contributed by atoms with Gasteiger partial charge in [-0.15, -0.1) is 0 Å². The molecule has 0 radical (unpaired) electrons. The van der Waals surface area contributed by atoms with E-state index < -0.39 is 23.2 Å². The van der Waals surface area contributed by atoms with E-state index >= 15 is 0 Å². The third kappa shape index (κ3) is 3.77. The Morgan fingerprint density at radius 2 is 2.04 bits per heavy atom. The molecule has 130 valence electrons. The molecule has 0 aliphatic carbocycles. The number of carbonyl (C=O) groups is 1. The number of rotatable bonds is 3. The van der Waals surface area contributed by atoms with Crippen LogP contribution in [0.1, 0.15) is 46.6 Å². The monoisotopic (exact) mass is 338 g/mol. The van der Waals surface area contributed by atoms with Gasteiger partial charge in [-0.25, -0.2) is 13.6 Å². The van der Waals surface area contributed by atoms with Crippen LogP contribution in [0.15, 0.2) is 28.5 Å². The van der Waals surface area contributed by atoms with E-state index in [4.69, 9.17) is 9.68 Å². The summed E-state index contributed by atoms with van der Waals surface area (Å²) in [5.41, 5.74) is -0.820. The molecule has 1 aliphatic rings. The normalized spacial score (nSPS) is 21.3. The Labute approximate surface area is 139 Å². The van der Waals surface area contributed by atoms with E-state index in [0.29, 0.717) is 0 Å². The number of nitrogens with zero attached hydrogens (tertiary/aromatic N) is 2. The summed E-state index contributed by atoms with van der Waals surface area (Å²) in [6.45, 7) is 8.84. The molecule has 5 nitrogen and oxygen atoms in total. The molecule has 0 N–H and O–H groups in total. The van der Waals surface area contributed by atoms with E-state index in [-0.39, 0.29) is 23.1 Å². The predicted molar refractivity (Wildman–Crippen MR) is 85.7 cm³/mol. The highest BCUT2D eigenvalue weighted by Crippen LogP contribution is 2.32. The van der Waals surface area contributed by atoms with E-state index in [1.807, 2.05) is 20.8 Å². The minimum Gasteiger partial charge on any atom is -0.377 e. The molecule has 7 heteroatoms. The second-order valence-corrected chi connectivity index (χ2v) is 6.97. The molecule has 0 aromatic heterocycles. The second kappa shape index (κ2) is 6.30. The molecule has 0 saturated heterocycles. The number of benzene rings is 1. The average molecular weight is 338 g/mol. The van der Waals surface area contributed by atoms with Gasteiger partial charge in [0.2, 0.25) is 5.60 Å². The van der Waals surface area contributed by atoms with Crippen molar-refractivity contribution in [2.24, 2.45) is 15.7 Å². The number of halogens is 2. The Bertz CT molecular complexity index is 723. The van der Waals surface area contributed by atoms with Crippen molar-refractivity contribution in [1.29, 1.82) is 0 Å². The van der Waals surface area contributed by atoms with Crippen LogP contribution in [0.5, 0.6) is 0 Å². The zero-order chi connectivity index (χ0) is 18.1. The molecule has 1 atom stereocenters. The van der Waals surface area contributed by atoms with Gasteiger partial charge in [-0.1, -0.05) is 31.1 Å². The summed E-state index contributed by atoms with van der Waals surface area (Å²) in [6.07, 6.45) is 0.276. The Hall–Kier alpha value is -2.31. The third-order valence-corrected chi connectivity index (χ3v) is 3.74. The summed E-state index contributed by atoms with van der Waals surface area (Å²) < 4.78 is 26.9. The minimum atomic E-state index is -1.28. The summed E-state index contributed by atoms with van der Waals surface area (Å²) in [5, 5.41) is 7.55. The smallest absolute Gasteiger partial charge is 0.377 e. The zero-order valence-electron chi connectivity index (χ0n) is 14.3. The van der Waals surface area contributed by atoms with Gasteiger partial charge in [0.05, 0.1) is 11.4 Å². The maximum absolute atomic E-state index is 13.7. The Morgan fingerprint density at radius 1 is 1.38 bits per heavy atom. The molecule has 1 aromatic carbocycles. The number of hydrogen-bond acceptors (Lipinski definition) is 5. The highest BCUT2D eigenvalue weighted by atomic mass is 19.1. The van der Waals surface area contributed by atoms with Crippen molar-refractivity contribution in [3.8, 4) is 0 Å². The molecule has 0 bridgehead atoms. The van der Waals surface area contributed by atoms with Crippen molar-refractivity contribution in [3.63, 3.8) is 0 Å². The van der Waals surface area contributed by atoms with E-state index in [1.165, 1.54) is 6.92 Å². The first-order chi connectivity index (χ1) is 11.0. The zero-order valence-corrected chi connectivity index (χ0v) is 14.3. The van der Waals surface area contributed by atoms with Crippen molar-refractivity contribution in [2.45, 2.75) is 46.6 Å². The van der Waals surface area contributed by atoms with Crippen LogP contribution in [0.3, 0.4) is 0 Å². The molecule has 1 aromatic rings. The molecule has 0 saturated carbocycles. The molecule has 24 heavy (non-hydrogen) atoms. The summed E-state index contributed by atoms with van der Waals surface area (Å²) >= 11 is 0. The van der Waals surface area contributed by atoms with Crippen LogP contribution in [0.25, 0.3) is 0 Å². The van der Waals surface area contributed by atoms with Crippen molar-refractivity contribution in [2.75, 3.05) is 0 Å². The molecule has 2 rings (SSSR count). The molecule has 0 spiro atoms. The van der Waals surface area contributed by atoms with E-state index in [1.54, 1.807) is 6.92 Å². The summed E-state index contributed by atoms with van der Waals surface area (Å²) in [6, 6.07) is 2.96. The lowest BCUT2D eigenvalue weighted by molar-refractivity contribution is -0.167. The molecule has 1 heterocycles. The fourth-order valence-corrected chi connectivity index (χ4v) is 2.08. The van der Waals surface area contributed by atoms with Crippen molar-refractivity contribution in [1.82, 2.24) is 0 Å². The topological polar surface area (TPSA) is 60.2 Å². The number of oxime groups is 2. The standard InChI is InChI=1S/C17H20F2N2O3/c1-10(12-8-11(18)6-7-13(12)19)20-23-15(22)17(5)9-14(21-24-17)16(2,3)4/h6-8H,9H2,1-5H3/b20-10+. The highest BCUT2D eigenvalue weighted by molar-refractivity contribution is 5.99. The van der Waals surface area contributed by atoms with Gasteiger partial charge in [-0.05, 0) is 32.0 Å². The molecule has 1 aliphatic heterocycles. The quantitative estimate of drug-likeness (QED) is 0.478. The maximum Gasteiger partial charge on any atom is 0.381 e. The van der Waals surface area contributed by atoms with Gasteiger partial charge in [0.1, 0.15) is 11.6 Å². The van der Waals surface area contributed by atoms with Crippen LogP contribution in [-0.2, 0) is 14.5 Å². The van der Waals surface area contributed by atoms with Crippen LogP contribution >= 0.6 is 0 Å². The first kappa shape index (κ1) is 18.0. The van der Waals surface area contributed by atoms with Crippen LogP contribution in [-0.4, -0.2) is 23.0 Å². The van der Waals surface area contributed by atoms with Crippen molar-refractivity contribution < 1.29 is 23.3 Å². The summed E-state index contributed by atoms with van der Waals surface area (Å²) in [5.74, 6) is -2.02. The second-order valence-electron chi connectivity index (χ2n) is 6.97. The molecule has 0 amide bonds. The lowest BCUT2D eigenvalue weighted by Gasteiger charge is -2.20. The van der Waals surface area contributed by atoms with Gasteiger partial charge in [0.25, 0.3) is 0 Å². The van der Waals surface area contributed by atoms with E-state index in [2.05, 4.69) is 10.3 Å². The maximum atomic E-state index is 13.7. The van der Waals surface area contributed by atoms with Crippen LogP contribution < -0.4 is 0 Å². The molecule has 0 fully saturated rings. The fraction of sp³-hybridized carbons (Fsp3) is 0.471. The van der Waals surface area contributed by atoms with Gasteiger partial charge in [0.15, 0.2) is 0 Å². The Kier molecular flexibility index (Phi) is 4.73. The first-order valence-electron chi connectivity index (χ1n) is 7.50. The van der Waals surface area contributed by atoms with E-state index in [0.717, 1.165) is 23.9 Å². The largest absolute Gasteiger partial charge is 0.381 e. The first-order valence-corrected chi connectivity index (χ1v) is 7.50. The van der Waals surface area contributed by atoms with Crippen molar-refractivity contribution >= 4 is 17.4 Å². The van der Waals surface area contributed by atoms with Crippen LogP contribution in [0, 0.1) is 17.0 Å². The number of hydrogen-bond donors (Lipinski definition) is 0. The van der Waals surface area contributed by atoms with Gasteiger partial charge < -0.3 is 9.68 Å².